The van der Waals surface area contributed by atoms with Crippen molar-refractivity contribution >= 4 is 28.4 Å². The number of aromatic nitrogens is 1. The standard InChI is InChI=1S/C17H12FNOS/c18-14-4-1-5-15(10-14)21-11-17(20)13-7-6-12-3-2-8-19-16(12)9-13/h1-10H,11H2. The first kappa shape index (κ1) is 13.8. The largest absolute Gasteiger partial charge is 0.293 e. The Kier molecular flexibility index (Phi) is 3.97. The van der Waals surface area contributed by atoms with E-state index < -0.39 is 0 Å². The van der Waals surface area contributed by atoms with E-state index in [0.29, 0.717) is 5.56 Å². The SMILES string of the molecule is O=C(CSc1cccc(F)c1)c1ccc2cccnc2c1. The minimum absolute atomic E-state index is 0.0109. The van der Waals surface area contributed by atoms with E-state index in [-0.39, 0.29) is 17.4 Å². The van der Waals surface area contributed by atoms with Gasteiger partial charge in [0.1, 0.15) is 5.82 Å². The first-order chi connectivity index (χ1) is 10.2. The van der Waals surface area contributed by atoms with E-state index in [2.05, 4.69) is 4.98 Å². The van der Waals surface area contributed by atoms with Gasteiger partial charge in [-0.3, -0.25) is 9.78 Å². The Hall–Kier alpha value is -2.20. The van der Waals surface area contributed by atoms with Gasteiger partial charge in [-0.15, -0.1) is 11.8 Å². The highest BCUT2D eigenvalue weighted by atomic mass is 32.2. The molecule has 0 spiro atoms. The van der Waals surface area contributed by atoms with Gasteiger partial charge in [0.2, 0.25) is 0 Å². The molecule has 0 unspecified atom stereocenters. The summed E-state index contributed by atoms with van der Waals surface area (Å²) in [7, 11) is 0. The number of halogens is 1. The number of hydrogen-bond acceptors (Lipinski definition) is 3. The van der Waals surface area contributed by atoms with Crippen molar-refractivity contribution in [1.29, 1.82) is 0 Å². The molecular weight excluding hydrogens is 285 g/mol. The fourth-order valence-electron chi connectivity index (χ4n) is 2.03. The molecule has 0 saturated heterocycles. The summed E-state index contributed by atoms with van der Waals surface area (Å²) in [4.78, 5) is 17.2. The Bertz CT molecular complexity index is 803. The molecule has 0 atom stereocenters. The normalized spacial score (nSPS) is 10.7. The van der Waals surface area contributed by atoms with E-state index in [1.165, 1.54) is 23.9 Å². The Morgan fingerprint density at radius 1 is 1.10 bits per heavy atom. The molecule has 0 aliphatic carbocycles. The molecule has 0 fully saturated rings. The second-order valence-corrected chi connectivity index (χ2v) is 5.63. The average molecular weight is 297 g/mol. The van der Waals surface area contributed by atoms with Crippen molar-refractivity contribution < 1.29 is 9.18 Å². The van der Waals surface area contributed by atoms with Crippen LogP contribution in [0.4, 0.5) is 4.39 Å². The number of carbonyl (C=O) groups is 1. The number of ketones is 1. The maximum absolute atomic E-state index is 13.1. The molecule has 0 aliphatic heterocycles. The summed E-state index contributed by atoms with van der Waals surface area (Å²) in [5, 5.41) is 1.01. The number of Topliss-reactive ketones (excluding diaryl/α,β-unsaturated/α-hetero) is 1. The third-order valence-electron chi connectivity index (χ3n) is 3.09. The van der Waals surface area contributed by atoms with Crippen molar-refractivity contribution in [2.75, 3.05) is 5.75 Å². The number of hydrogen-bond donors (Lipinski definition) is 0. The van der Waals surface area contributed by atoms with E-state index in [0.717, 1.165) is 15.8 Å². The highest BCUT2D eigenvalue weighted by molar-refractivity contribution is 8.00. The maximum Gasteiger partial charge on any atom is 0.173 e. The van der Waals surface area contributed by atoms with Crippen molar-refractivity contribution in [2.24, 2.45) is 0 Å². The molecule has 0 amide bonds. The number of rotatable bonds is 4. The van der Waals surface area contributed by atoms with Crippen molar-refractivity contribution in [2.45, 2.75) is 4.90 Å². The number of pyridine rings is 1. The van der Waals surface area contributed by atoms with E-state index in [4.69, 9.17) is 0 Å². The van der Waals surface area contributed by atoms with Gasteiger partial charge in [-0.25, -0.2) is 4.39 Å². The first-order valence-electron chi connectivity index (χ1n) is 6.49. The van der Waals surface area contributed by atoms with Gasteiger partial charge in [0.05, 0.1) is 11.3 Å². The number of fused-ring (bicyclic) bond motifs is 1. The lowest BCUT2D eigenvalue weighted by molar-refractivity contribution is 0.102. The summed E-state index contributed by atoms with van der Waals surface area (Å²) in [5.41, 5.74) is 1.43. The smallest absolute Gasteiger partial charge is 0.173 e. The molecule has 3 rings (SSSR count). The quantitative estimate of drug-likeness (QED) is 0.530. The molecule has 4 heteroatoms. The van der Waals surface area contributed by atoms with Gasteiger partial charge in [0.25, 0.3) is 0 Å². The van der Waals surface area contributed by atoms with Gasteiger partial charge < -0.3 is 0 Å². The molecule has 0 N–H and O–H groups in total. The molecule has 21 heavy (non-hydrogen) atoms. The summed E-state index contributed by atoms with van der Waals surface area (Å²) in [6.45, 7) is 0. The fourth-order valence-corrected chi connectivity index (χ4v) is 2.86. The summed E-state index contributed by atoms with van der Waals surface area (Å²) < 4.78 is 13.1. The van der Waals surface area contributed by atoms with Crippen LogP contribution in [0.15, 0.2) is 65.7 Å². The van der Waals surface area contributed by atoms with Gasteiger partial charge in [0.15, 0.2) is 5.78 Å². The van der Waals surface area contributed by atoms with Crippen molar-refractivity contribution in [1.82, 2.24) is 4.98 Å². The lowest BCUT2D eigenvalue weighted by Crippen LogP contribution is -2.02. The summed E-state index contributed by atoms with van der Waals surface area (Å²) >= 11 is 1.33. The van der Waals surface area contributed by atoms with Crippen LogP contribution in [0.5, 0.6) is 0 Å². The van der Waals surface area contributed by atoms with Gasteiger partial charge in [-0.1, -0.05) is 24.3 Å². The zero-order chi connectivity index (χ0) is 14.7. The van der Waals surface area contributed by atoms with Crippen LogP contribution < -0.4 is 0 Å². The number of benzene rings is 2. The predicted molar refractivity (Wildman–Crippen MR) is 83.2 cm³/mol. The molecule has 2 nitrogen and oxygen atoms in total. The van der Waals surface area contributed by atoms with Gasteiger partial charge in [-0.2, -0.15) is 0 Å². The van der Waals surface area contributed by atoms with Crippen LogP contribution in [0.1, 0.15) is 10.4 Å². The Morgan fingerprint density at radius 3 is 2.86 bits per heavy atom. The lowest BCUT2D eigenvalue weighted by atomic mass is 10.1. The molecule has 1 heterocycles. The van der Waals surface area contributed by atoms with E-state index in [1.807, 2.05) is 18.2 Å². The molecule has 3 aromatic rings. The molecule has 104 valence electrons. The minimum atomic E-state index is -0.289. The summed E-state index contributed by atoms with van der Waals surface area (Å²) in [5.74, 6) is 0.00101. The van der Waals surface area contributed by atoms with Crippen LogP contribution in [0.2, 0.25) is 0 Å². The van der Waals surface area contributed by atoms with E-state index >= 15 is 0 Å². The third-order valence-corrected chi connectivity index (χ3v) is 4.09. The van der Waals surface area contributed by atoms with Crippen LogP contribution in [0, 0.1) is 5.82 Å². The highest BCUT2D eigenvalue weighted by Gasteiger charge is 2.08. The van der Waals surface area contributed by atoms with Gasteiger partial charge in [-0.05, 0) is 30.3 Å². The molecule has 1 aromatic heterocycles. The van der Waals surface area contributed by atoms with Crippen LogP contribution in [-0.4, -0.2) is 16.5 Å². The highest BCUT2D eigenvalue weighted by Crippen LogP contribution is 2.21. The van der Waals surface area contributed by atoms with Crippen LogP contribution in [-0.2, 0) is 0 Å². The van der Waals surface area contributed by atoms with Crippen LogP contribution in [0.3, 0.4) is 0 Å². The molecular formula is C17H12FNOS. The Morgan fingerprint density at radius 2 is 2.00 bits per heavy atom. The van der Waals surface area contributed by atoms with Crippen molar-refractivity contribution in [3.8, 4) is 0 Å². The summed E-state index contributed by atoms with van der Waals surface area (Å²) in [6.07, 6.45) is 1.71. The maximum atomic E-state index is 13.1. The monoisotopic (exact) mass is 297 g/mol. The number of thioether (sulfide) groups is 1. The molecule has 0 saturated carbocycles. The third kappa shape index (κ3) is 3.28. The fraction of sp³-hybridized carbons (Fsp3) is 0.0588. The van der Waals surface area contributed by atoms with Crippen LogP contribution in [0.25, 0.3) is 10.9 Å². The second-order valence-electron chi connectivity index (χ2n) is 4.58. The van der Waals surface area contributed by atoms with Gasteiger partial charge in [0, 0.05) is 22.0 Å². The average Bonchev–Trinajstić information content (AvgIpc) is 2.52. The Labute approximate surface area is 126 Å². The summed E-state index contributed by atoms with van der Waals surface area (Å²) in [6, 6.07) is 15.6. The number of carbonyl (C=O) groups excluding carboxylic acids is 1. The molecule has 0 aliphatic rings. The van der Waals surface area contributed by atoms with Gasteiger partial charge >= 0.3 is 0 Å². The van der Waals surface area contributed by atoms with Crippen molar-refractivity contribution in [3.63, 3.8) is 0 Å². The van der Waals surface area contributed by atoms with Crippen LogP contribution >= 0.6 is 11.8 Å². The second kappa shape index (κ2) is 6.06. The molecule has 0 bridgehead atoms. The zero-order valence-corrected chi connectivity index (χ0v) is 11.9. The Balaban J connectivity index is 1.74. The topological polar surface area (TPSA) is 30.0 Å². The zero-order valence-electron chi connectivity index (χ0n) is 11.1. The predicted octanol–water partition coefficient (Wildman–Crippen LogP) is 4.35. The van der Waals surface area contributed by atoms with E-state index in [9.17, 15) is 9.18 Å². The first-order valence-corrected chi connectivity index (χ1v) is 7.47. The lowest BCUT2D eigenvalue weighted by Gasteiger charge is -2.03. The minimum Gasteiger partial charge on any atom is -0.293 e. The molecule has 0 radical (unpaired) electrons. The van der Waals surface area contributed by atoms with E-state index in [1.54, 1.807) is 30.5 Å². The molecule has 2 aromatic carbocycles. The van der Waals surface area contributed by atoms with Crippen molar-refractivity contribution in [3.05, 3.63) is 72.2 Å². The number of nitrogens with zero attached hydrogens (tertiary/aromatic N) is 1.